The topological polar surface area (TPSA) is 53.2 Å². The van der Waals surface area contributed by atoms with Crippen molar-refractivity contribution >= 4 is 5.91 Å². The Morgan fingerprint density at radius 3 is 2.59 bits per heavy atom. The summed E-state index contributed by atoms with van der Waals surface area (Å²) in [6.07, 6.45) is 5.83. The summed E-state index contributed by atoms with van der Waals surface area (Å²) in [4.78, 5) is 11.7. The van der Waals surface area contributed by atoms with Crippen LogP contribution in [0.5, 0.6) is 0 Å². The molecule has 0 radical (unpaired) electrons. The van der Waals surface area contributed by atoms with E-state index in [1.165, 1.54) is 5.57 Å². The summed E-state index contributed by atoms with van der Waals surface area (Å²) < 4.78 is 0. The van der Waals surface area contributed by atoms with Crippen LogP contribution in [0.2, 0.25) is 0 Å². The molecule has 0 spiro atoms. The summed E-state index contributed by atoms with van der Waals surface area (Å²) in [6.45, 7) is 5.47. The first kappa shape index (κ1) is 13.9. The molecule has 0 aliphatic heterocycles. The Kier molecular flexibility index (Phi) is 6.58. The molecule has 96 valence electrons. The van der Waals surface area contributed by atoms with Gasteiger partial charge >= 0.3 is 0 Å². The second-order valence-electron chi connectivity index (χ2n) is 4.31. The van der Waals surface area contributed by atoms with Gasteiger partial charge in [0.2, 0.25) is 5.91 Å². The molecule has 1 aliphatic carbocycles. The molecule has 0 heterocycles. The normalized spacial score (nSPS) is 15.2. The van der Waals surface area contributed by atoms with Crippen molar-refractivity contribution in [1.29, 1.82) is 0 Å². The first-order valence-electron chi connectivity index (χ1n) is 6.24. The zero-order valence-electron chi connectivity index (χ0n) is 10.8. The van der Waals surface area contributed by atoms with Crippen molar-refractivity contribution in [1.82, 2.24) is 16.0 Å². The predicted molar refractivity (Wildman–Crippen MR) is 70.9 cm³/mol. The van der Waals surface area contributed by atoms with Crippen LogP contribution in [0.25, 0.3) is 0 Å². The van der Waals surface area contributed by atoms with Gasteiger partial charge in [-0.15, -0.1) is 0 Å². The van der Waals surface area contributed by atoms with E-state index < -0.39 is 0 Å². The number of allylic oxidation sites excluding steroid dienone is 3. The van der Waals surface area contributed by atoms with Crippen molar-refractivity contribution in [2.45, 2.75) is 19.8 Å². The van der Waals surface area contributed by atoms with Gasteiger partial charge in [-0.1, -0.05) is 17.7 Å². The van der Waals surface area contributed by atoms with Gasteiger partial charge in [0.1, 0.15) is 0 Å². The van der Waals surface area contributed by atoms with E-state index in [9.17, 15) is 4.79 Å². The monoisotopic (exact) mass is 237 g/mol. The van der Waals surface area contributed by atoms with Crippen molar-refractivity contribution in [3.05, 3.63) is 23.3 Å². The fourth-order valence-corrected chi connectivity index (χ4v) is 1.65. The number of hydrogen-bond acceptors (Lipinski definition) is 3. The fourth-order valence-electron chi connectivity index (χ4n) is 1.65. The maximum atomic E-state index is 11.7. The third kappa shape index (κ3) is 5.65. The highest BCUT2D eigenvalue weighted by Gasteiger charge is 2.10. The standard InChI is InChI=1S/C13H23N3O/c1-11-3-5-12(6-4-11)13(17)16-10-9-15-8-7-14-2/h3,5,14-15H,4,6-10H2,1-2H3,(H,16,17). The summed E-state index contributed by atoms with van der Waals surface area (Å²) >= 11 is 0. The molecule has 0 fully saturated rings. The Balaban J connectivity index is 2.13. The molecular weight excluding hydrogens is 214 g/mol. The van der Waals surface area contributed by atoms with E-state index in [1.807, 2.05) is 19.2 Å². The summed E-state index contributed by atoms with van der Waals surface area (Å²) in [5.74, 6) is 0.0733. The van der Waals surface area contributed by atoms with Gasteiger partial charge in [-0.2, -0.15) is 0 Å². The lowest BCUT2D eigenvalue weighted by atomic mass is 9.99. The van der Waals surface area contributed by atoms with E-state index in [2.05, 4.69) is 22.9 Å². The van der Waals surface area contributed by atoms with E-state index in [-0.39, 0.29) is 5.91 Å². The van der Waals surface area contributed by atoms with Gasteiger partial charge in [0.15, 0.2) is 0 Å². The van der Waals surface area contributed by atoms with Gasteiger partial charge in [-0.05, 0) is 26.8 Å². The third-order valence-corrected chi connectivity index (χ3v) is 2.79. The fraction of sp³-hybridized carbons (Fsp3) is 0.615. The van der Waals surface area contributed by atoms with Crippen LogP contribution in [0, 0.1) is 0 Å². The number of amides is 1. The molecule has 0 saturated carbocycles. The lowest BCUT2D eigenvalue weighted by Crippen LogP contribution is -2.35. The molecule has 0 aromatic carbocycles. The zero-order chi connectivity index (χ0) is 12.5. The number of carbonyl (C=O) groups is 1. The van der Waals surface area contributed by atoms with E-state index in [4.69, 9.17) is 0 Å². The smallest absolute Gasteiger partial charge is 0.247 e. The average molecular weight is 237 g/mol. The molecule has 0 aromatic heterocycles. The summed E-state index contributed by atoms with van der Waals surface area (Å²) in [5.41, 5.74) is 2.24. The molecule has 17 heavy (non-hydrogen) atoms. The van der Waals surface area contributed by atoms with E-state index in [0.717, 1.165) is 38.0 Å². The number of carbonyl (C=O) groups excluding carboxylic acids is 1. The van der Waals surface area contributed by atoms with Crippen LogP contribution in [0.4, 0.5) is 0 Å². The SMILES string of the molecule is CNCCNCCNC(=O)C1=CC=C(C)CC1. The Morgan fingerprint density at radius 1 is 1.18 bits per heavy atom. The van der Waals surface area contributed by atoms with Gasteiger partial charge in [-0.25, -0.2) is 0 Å². The summed E-state index contributed by atoms with van der Waals surface area (Å²) in [6, 6.07) is 0. The average Bonchev–Trinajstić information content (AvgIpc) is 2.34. The third-order valence-electron chi connectivity index (χ3n) is 2.79. The summed E-state index contributed by atoms with van der Waals surface area (Å²) in [7, 11) is 1.93. The number of nitrogens with one attached hydrogen (secondary N) is 3. The molecule has 0 unspecified atom stereocenters. The first-order valence-corrected chi connectivity index (χ1v) is 6.24. The highest BCUT2D eigenvalue weighted by molar-refractivity contribution is 5.93. The van der Waals surface area contributed by atoms with Crippen LogP contribution in [0.15, 0.2) is 23.3 Å². The predicted octanol–water partition coefficient (Wildman–Crippen LogP) is 0.578. The molecular formula is C13H23N3O. The molecule has 0 bridgehead atoms. The molecule has 3 N–H and O–H groups in total. The van der Waals surface area contributed by atoms with Crippen molar-refractivity contribution in [2.24, 2.45) is 0 Å². The van der Waals surface area contributed by atoms with Crippen molar-refractivity contribution in [3.63, 3.8) is 0 Å². The van der Waals surface area contributed by atoms with Gasteiger partial charge in [-0.3, -0.25) is 4.79 Å². The van der Waals surface area contributed by atoms with E-state index >= 15 is 0 Å². The van der Waals surface area contributed by atoms with Crippen molar-refractivity contribution < 1.29 is 4.79 Å². The second kappa shape index (κ2) is 8.03. The van der Waals surface area contributed by atoms with Crippen LogP contribution in [0.3, 0.4) is 0 Å². The van der Waals surface area contributed by atoms with E-state index in [0.29, 0.717) is 6.54 Å². The van der Waals surface area contributed by atoms with Gasteiger partial charge in [0.25, 0.3) is 0 Å². The largest absolute Gasteiger partial charge is 0.351 e. The Morgan fingerprint density at radius 2 is 1.94 bits per heavy atom. The minimum atomic E-state index is 0.0733. The van der Waals surface area contributed by atoms with Crippen LogP contribution < -0.4 is 16.0 Å². The van der Waals surface area contributed by atoms with Crippen molar-refractivity contribution in [2.75, 3.05) is 33.2 Å². The quantitative estimate of drug-likeness (QED) is 0.568. The highest BCUT2D eigenvalue weighted by atomic mass is 16.1. The molecule has 1 aliphatic rings. The molecule has 0 atom stereocenters. The molecule has 4 nitrogen and oxygen atoms in total. The van der Waals surface area contributed by atoms with Crippen molar-refractivity contribution in [3.8, 4) is 0 Å². The maximum absolute atomic E-state index is 11.7. The number of rotatable bonds is 7. The molecule has 1 amide bonds. The maximum Gasteiger partial charge on any atom is 0.247 e. The Hall–Kier alpha value is -1.13. The lowest BCUT2D eigenvalue weighted by Gasteiger charge is -2.12. The van der Waals surface area contributed by atoms with Crippen LogP contribution in [-0.2, 0) is 4.79 Å². The lowest BCUT2D eigenvalue weighted by molar-refractivity contribution is -0.117. The number of likely N-dealkylation sites (N-methyl/N-ethyl adjacent to an activating group) is 1. The summed E-state index contributed by atoms with van der Waals surface area (Å²) in [5, 5.41) is 9.23. The van der Waals surface area contributed by atoms with Crippen LogP contribution >= 0.6 is 0 Å². The highest BCUT2D eigenvalue weighted by Crippen LogP contribution is 2.17. The minimum Gasteiger partial charge on any atom is -0.351 e. The number of hydrogen-bond donors (Lipinski definition) is 3. The van der Waals surface area contributed by atoms with Gasteiger partial charge in [0, 0.05) is 31.8 Å². The Labute approximate surface area is 104 Å². The zero-order valence-corrected chi connectivity index (χ0v) is 10.8. The van der Waals surface area contributed by atoms with Gasteiger partial charge in [0.05, 0.1) is 0 Å². The van der Waals surface area contributed by atoms with Gasteiger partial charge < -0.3 is 16.0 Å². The minimum absolute atomic E-state index is 0.0733. The van der Waals surface area contributed by atoms with Crippen LogP contribution in [-0.4, -0.2) is 39.1 Å². The molecule has 0 aromatic rings. The van der Waals surface area contributed by atoms with Crippen LogP contribution in [0.1, 0.15) is 19.8 Å². The van der Waals surface area contributed by atoms with E-state index in [1.54, 1.807) is 0 Å². The molecule has 4 heteroatoms. The first-order chi connectivity index (χ1) is 8.24. The molecule has 0 saturated heterocycles. The Bertz CT molecular complexity index is 308. The second-order valence-corrected chi connectivity index (χ2v) is 4.31. The molecule has 1 rings (SSSR count).